The molecule has 1 aromatic carbocycles. The van der Waals surface area contributed by atoms with Crippen LogP contribution in [0.4, 0.5) is 0 Å². The minimum atomic E-state index is -0.0259. The van der Waals surface area contributed by atoms with Crippen LogP contribution in [0.25, 0.3) is 10.9 Å². The minimum Gasteiger partial charge on any atom is -0.494 e. The number of nitrogens with zero attached hydrogens (tertiary/aromatic N) is 2. The Labute approximate surface area is 139 Å². The molecule has 124 valence electrons. The molecule has 2 N–H and O–H groups in total. The molecule has 24 heavy (non-hydrogen) atoms. The van der Waals surface area contributed by atoms with Crippen molar-refractivity contribution in [2.45, 2.75) is 26.4 Å². The largest absolute Gasteiger partial charge is 0.494 e. The van der Waals surface area contributed by atoms with E-state index in [1.54, 1.807) is 6.33 Å². The van der Waals surface area contributed by atoms with Crippen LogP contribution in [0.3, 0.4) is 0 Å². The van der Waals surface area contributed by atoms with E-state index in [4.69, 9.17) is 4.74 Å². The van der Waals surface area contributed by atoms with Gasteiger partial charge in [-0.15, -0.1) is 0 Å². The molecular formula is C18H20N4O2. The molecule has 4 rings (SSSR count). The predicted molar refractivity (Wildman–Crippen MR) is 92.1 cm³/mol. The molecule has 3 aromatic rings. The second-order valence-electron chi connectivity index (χ2n) is 6.09. The third kappa shape index (κ3) is 2.80. The molecule has 0 atom stereocenters. The van der Waals surface area contributed by atoms with E-state index < -0.39 is 0 Å². The first-order chi connectivity index (χ1) is 11.7. The zero-order chi connectivity index (χ0) is 16.5. The van der Waals surface area contributed by atoms with Gasteiger partial charge in [0.05, 0.1) is 24.3 Å². The molecule has 1 aliphatic rings. The van der Waals surface area contributed by atoms with Crippen molar-refractivity contribution in [2.24, 2.45) is 0 Å². The highest BCUT2D eigenvalue weighted by atomic mass is 16.5. The Morgan fingerprint density at radius 2 is 2.25 bits per heavy atom. The highest BCUT2D eigenvalue weighted by molar-refractivity contribution is 5.80. The fourth-order valence-corrected chi connectivity index (χ4v) is 3.25. The molecule has 0 radical (unpaired) electrons. The second kappa shape index (κ2) is 6.13. The molecule has 0 bridgehead atoms. The van der Waals surface area contributed by atoms with Crippen LogP contribution in [0, 0.1) is 0 Å². The molecule has 0 spiro atoms. The summed E-state index contributed by atoms with van der Waals surface area (Å²) in [6, 6.07) is 7.72. The van der Waals surface area contributed by atoms with E-state index in [-0.39, 0.29) is 5.56 Å². The zero-order valence-corrected chi connectivity index (χ0v) is 13.6. The van der Waals surface area contributed by atoms with E-state index in [9.17, 15) is 4.79 Å². The van der Waals surface area contributed by atoms with Gasteiger partial charge in [-0.25, -0.2) is 4.98 Å². The molecule has 0 fully saturated rings. The molecule has 6 nitrogen and oxygen atoms in total. The Morgan fingerprint density at radius 3 is 3.12 bits per heavy atom. The summed E-state index contributed by atoms with van der Waals surface area (Å²) in [5, 5.41) is 0.995. The lowest BCUT2D eigenvalue weighted by molar-refractivity contribution is 0.240. The second-order valence-corrected chi connectivity index (χ2v) is 6.09. The van der Waals surface area contributed by atoms with Crippen molar-refractivity contribution in [1.82, 2.24) is 19.9 Å². The molecule has 3 heterocycles. The molecule has 6 heteroatoms. The van der Waals surface area contributed by atoms with Crippen LogP contribution < -0.4 is 10.3 Å². The molecular weight excluding hydrogens is 304 g/mol. The standard InChI is InChI=1S/C18H20N4O2/c1-2-24-14-3-4-15-12(8-14)7-13(18(23)21-15)9-22-6-5-16-17(10-22)20-11-19-16/h3-4,7-8,11H,2,5-6,9-10H2,1H3,(H,19,20)(H,21,23). The minimum absolute atomic E-state index is 0.0259. The monoisotopic (exact) mass is 324 g/mol. The number of pyridine rings is 1. The highest BCUT2D eigenvalue weighted by Crippen LogP contribution is 2.21. The molecule has 1 aliphatic heterocycles. The number of aromatic nitrogens is 3. The van der Waals surface area contributed by atoms with Crippen LogP contribution >= 0.6 is 0 Å². The first kappa shape index (κ1) is 15.0. The van der Waals surface area contributed by atoms with Gasteiger partial charge in [0.1, 0.15) is 5.75 Å². The average Bonchev–Trinajstić information content (AvgIpc) is 3.04. The molecule has 2 aromatic heterocycles. The first-order valence-electron chi connectivity index (χ1n) is 8.25. The van der Waals surface area contributed by atoms with E-state index in [1.807, 2.05) is 31.2 Å². The number of benzene rings is 1. The summed E-state index contributed by atoms with van der Waals surface area (Å²) in [7, 11) is 0. The van der Waals surface area contributed by atoms with Gasteiger partial charge in [-0.2, -0.15) is 0 Å². The van der Waals surface area contributed by atoms with Crippen molar-refractivity contribution in [3.63, 3.8) is 0 Å². The number of ether oxygens (including phenoxy) is 1. The van der Waals surface area contributed by atoms with Crippen LogP contribution in [0.1, 0.15) is 23.9 Å². The van der Waals surface area contributed by atoms with Crippen LogP contribution in [0.2, 0.25) is 0 Å². The maximum absolute atomic E-state index is 12.4. The number of nitrogens with one attached hydrogen (secondary N) is 2. The van der Waals surface area contributed by atoms with E-state index in [0.717, 1.165) is 53.1 Å². The Kier molecular flexibility index (Phi) is 3.82. The third-order valence-corrected chi connectivity index (χ3v) is 4.45. The maximum atomic E-state index is 12.4. The topological polar surface area (TPSA) is 74.0 Å². The van der Waals surface area contributed by atoms with Gasteiger partial charge >= 0.3 is 0 Å². The van der Waals surface area contributed by atoms with Crippen molar-refractivity contribution in [3.05, 3.63) is 57.9 Å². The van der Waals surface area contributed by atoms with Gasteiger partial charge in [-0.3, -0.25) is 9.69 Å². The quantitative estimate of drug-likeness (QED) is 0.772. The fraction of sp³-hybridized carbons (Fsp3) is 0.333. The first-order valence-corrected chi connectivity index (χ1v) is 8.25. The van der Waals surface area contributed by atoms with Gasteiger partial charge in [-0.1, -0.05) is 0 Å². The van der Waals surface area contributed by atoms with Crippen molar-refractivity contribution >= 4 is 10.9 Å². The number of imidazole rings is 1. The Bertz CT molecular complexity index is 928. The summed E-state index contributed by atoms with van der Waals surface area (Å²) in [5.41, 5.74) is 3.88. The summed E-state index contributed by atoms with van der Waals surface area (Å²) in [5.74, 6) is 0.822. The molecule has 0 unspecified atom stereocenters. The average molecular weight is 324 g/mol. The fourth-order valence-electron chi connectivity index (χ4n) is 3.25. The van der Waals surface area contributed by atoms with E-state index in [2.05, 4.69) is 19.9 Å². The number of aromatic amines is 2. The number of fused-ring (bicyclic) bond motifs is 2. The third-order valence-electron chi connectivity index (χ3n) is 4.45. The number of hydrogen-bond donors (Lipinski definition) is 2. The van der Waals surface area contributed by atoms with Gasteiger partial charge < -0.3 is 14.7 Å². The highest BCUT2D eigenvalue weighted by Gasteiger charge is 2.19. The maximum Gasteiger partial charge on any atom is 0.252 e. The smallest absolute Gasteiger partial charge is 0.252 e. The van der Waals surface area contributed by atoms with E-state index >= 15 is 0 Å². The lowest BCUT2D eigenvalue weighted by atomic mass is 10.1. The molecule has 0 saturated carbocycles. The van der Waals surface area contributed by atoms with Crippen LogP contribution in [0.5, 0.6) is 5.75 Å². The predicted octanol–water partition coefficient (Wildman–Crippen LogP) is 2.21. The van der Waals surface area contributed by atoms with Gasteiger partial charge in [0.15, 0.2) is 0 Å². The molecule has 0 amide bonds. The summed E-state index contributed by atoms with van der Waals surface area (Å²) in [4.78, 5) is 25.1. The number of H-pyrrole nitrogens is 2. The van der Waals surface area contributed by atoms with Crippen molar-refractivity contribution in [3.8, 4) is 5.75 Å². The number of hydrogen-bond acceptors (Lipinski definition) is 4. The lowest BCUT2D eigenvalue weighted by Gasteiger charge is -2.25. The summed E-state index contributed by atoms with van der Waals surface area (Å²) >= 11 is 0. The van der Waals surface area contributed by atoms with Gasteiger partial charge in [0.2, 0.25) is 0 Å². The van der Waals surface area contributed by atoms with Crippen molar-refractivity contribution < 1.29 is 4.74 Å². The van der Waals surface area contributed by atoms with Crippen molar-refractivity contribution in [1.29, 1.82) is 0 Å². The van der Waals surface area contributed by atoms with Crippen LogP contribution in [0.15, 0.2) is 35.4 Å². The van der Waals surface area contributed by atoms with Crippen LogP contribution in [-0.2, 0) is 19.5 Å². The Balaban J connectivity index is 1.61. The zero-order valence-electron chi connectivity index (χ0n) is 13.6. The Hall–Kier alpha value is -2.60. The number of rotatable bonds is 4. The normalized spacial score (nSPS) is 14.7. The SMILES string of the molecule is CCOc1ccc2[nH]c(=O)c(CN3CCc4nc[nH]c4C3)cc2c1. The molecule has 0 saturated heterocycles. The molecule has 0 aliphatic carbocycles. The Morgan fingerprint density at radius 1 is 1.33 bits per heavy atom. The van der Waals surface area contributed by atoms with Gasteiger partial charge in [-0.05, 0) is 31.2 Å². The van der Waals surface area contributed by atoms with Crippen molar-refractivity contribution in [2.75, 3.05) is 13.2 Å². The lowest BCUT2D eigenvalue weighted by Crippen LogP contribution is -2.32. The van der Waals surface area contributed by atoms with Gasteiger partial charge in [0, 0.05) is 42.5 Å². The van der Waals surface area contributed by atoms with Gasteiger partial charge in [0.25, 0.3) is 5.56 Å². The van der Waals surface area contributed by atoms with Crippen LogP contribution in [-0.4, -0.2) is 33.0 Å². The summed E-state index contributed by atoms with van der Waals surface area (Å²) in [6.45, 7) is 4.92. The summed E-state index contributed by atoms with van der Waals surface area (Å²) in [6.07, 6.45) is 2.66. The van der Waals surface area contributed by atoms with E-state index in [1.165, 1.54) is 0 Å². The van der Waals surface area contributed by atoms with E-state index in [0.29, 0.717) is 13.2 Å². The summed E-state index contributed by atoms with van der Waals surface area (Å²) < 4.78 is 5.55.